The number of piperidine rings is 1. The number of carbonyl (C=O) groups is 2. The quantitative estimate of drug-likeness (QED) is 0.846. The number of amides is 1. The van der Waals surface area contributed by atoms with Crippen molar-refractivity contribution in [1.82, 2.24) is 4.90 Å². The summed E-state index contributed by atoms with van der Waals surface area (Å²) in [5.74, 6) is -0.0336. The topological polar surface area (TPSA) is 70.8 Å². The second kappa shape index (κ2) is 5.73. The molecule has 2 rings (SSSR count). The molecule has 102 valence electrons. The van der Waals surface area contributed by atoms with Crippen molar-refractivity contribution in [3.63, 3.8) is 0 Å². The van der Waals surface area contributed by atoms with Crippen LogP contribution >= 0.6 is 0 Å². The summed E-state index contributed by atoms with van der Waals surface area (Å²) in [5, 5.41) is 8.98. The molecule has 0 aromatic carbocycles. The van der Waals surface area contributed by atoms with Gasteiger partial charge in [0.2, 0.25) is 5.91 Å². The molecule has 5 heteroatoms. The molecule has 1 N–H and O–H groups in total. The van der Waals surface area contributed by atoms with Crippen LogP contribution in [-0.2, 0) is 9.59 Å². The maximum Gasteiger partial charge on any atom is 0.308 e. The van der Waals surface area contributed by atoms with Gasteiger partial charge in [0.15, 0.2) is 0 Å². The van der Waals surface area contributed by atoms with Crippen LogP contribution in [0.4, 0.5) is 0 Å². The van der Waals surface area contributed by atoms with Crippen molar-refractivity contribution in [2.75, 3.05) is 13.1 Å². The average molecular weight is 263 g/mol. The van der Waals surface area contributed by atoms with Crippen LogP contribution in [0, 0.1) is 12.8 Å². The summed E-state index contributed by atoms with van der Waals surface area (Å²) < 4.78 is 5.33. The fourth-order valence-electron chi connectivity index (χ4n) is 2.18. The molecule has 1 fully saturated rings. The summed E-state index contributed by atoms with van der Waals surface area (Å²) in [7, 11) is 0. The molecule has 1 aliphatic rings. The molecule has 1 atom stereocenters. The first-order chi connectivity index (χ1) is 9.06. The van der Waals surface area contributed by atoms with Gasteiger partial charge in [0.25, 0.3) is 0 Å². The second-order valence-electron chi connectivity index (χ2n) is 4.74. The lowest BCUT2D eigenvalue weighted by atomic mass is 9.98. The highest BCUT2D eigenvalue weighted by molar-refractivity contribution is 5.91. The number of hydrogen-bond acceptors (Lipinski definition) is 3. The standard InChI is InChI=1S/C14H17NO4/c1-10-4-5-12(19-10)6-7-13(16)15-8-2-3-11(9-15)14(17)18/h4-7,11H,2-3,8-9H2,1H3,(H,17,18)/b7-6+/t11-/m0/s1. The van der Waals surface area contributed by atoms with E-state index in [0.29, 0.717) is 18.7 Å². The number of rotatable bonds is 3. The lowest BCUT2D eigenvalue weighted by Gasteiger charge is -2.29. The molecule has 0 bridgehead atoms. The van der Waals surface area contributed by atoms with Gasteiger partial charge in [0, 0.05) is 19.2 Å². The van der Waals surface area contributed by atoms with E-state index in [4.69, 9.17) is 9.52 Å². The molecule has 1 aliphatic heterocycles. The molecular formula is C14H17NO4. The number of hydrogen-bond donors (Lipinski definition) is 1. The zero-order chi connectivity index (χ0) is 13.8. The van der Waals surface area contributed by atoms with Gasteiger partial charge in [-0.15, -0.1) is 0 Å². The number of carboxylic acids is 1. The third kappa shape index (κ3) is 3.47. The number of carboxylic acid groups (broad SMARTS) is 1. The third-order valence-corrected chi connectivity index (χ3v) is 3.23. The lowest BCUT2D eigenvalue weighted by Crippen LogP contribution is -2.41. The first-order valence-electron chi connectivity index (χ1n) is 6.32. The van der Waals surface area contributed by atoms with Crippen molar-refractivity contribution in [2.45, 2.75) is 19.8 Å². The Morgan fingerprint density at radius 1 is 1.47 bits per heavy atom. The Morgan fingerprint density at radius 3 is 2.89 bits per heavy atom. The molecule has 1 aromatic rings. The minimum atomic E-state index is -0.830. The molecule has 0 radical (unpaired) electrons. The summed E-state index contributed by atoms with van der Waals surface area (Å²) >= 11 is 0. The maximum absolute atomic E-state index is 12.0. The predicted octanol–water partition coefficient (Wildman–Crippen LogP) is 1.92. The Balaban J connectivity index is 1.96. The first kappa shape index (κ1) is 13.4. The monoisotopic (exact) mass is 263 g/mol. The van der Waals surface area contributed by atoms with E-state index in [2.05, 4.69) is 0 Å². The number of aliphatic carboxylic acids is 1. The van der Waals surface area contributed by atoms with Gasteiger partial charge in [-0.25, -0.2) is 0 Å². The highest BCUT2D eigenvalue weighted by Gasteiger charge is 2.27. The van der Waals surface area contributed by atoms with Crippen LogP contribution in [0.5, 0.6) is 0 Å². The van der Waals surface area contributed by atoms with E-state index in [1.807, 2.05) is 13.0 Å². The second-order valence-corrected chi connectivity index (χ2v) is 4.74. The summed E-state index contributed by atoms with van der Waals surface area (Å²) in [6.45, 7) is 2.74. The molecule has 0 saturated carbocycles. The maximum atomic E-state index is 12.0. The van der Waals surface area contributed by atoms with Crippen LogP contribution in [0.25, 0.3) is 6.08 Å². The number of furan rings is 1. The van der Waals surface area contributed by atoms with E-state index in [-0.39, 0.29) is 12.5 Å². The molecule has 19 heavy (non-hydrogen) atoms. The van der Waals surface area contributed by atoms with Gasteiger partial charge >= 0.3 is 5.97 Å². The Morgan fingerprint density at radius 2 is 2.26 bits per heavy atom. The summed E-state index contributed by atoms with van der Waals surface area (Å²) in [6.07, 6.45) is 4.42. The van der Waals surface area contributed by atoms with E-state index >= 15 is 0 Å². The van der Waals surface area contributed by atoms with Crippen LogP contribution in [0.1, 0.15) is 24.4 Å². The highest BCUT2D eigenvalue weighted by Crippen LogP contribution is 2.17. The van der Waals surface area contributed by atoms with Crippen molar-refractivity contribution in [3.8, 4) is 0 Å². The number of likely N-dealkylation sites (tertiary alicyclic amines) is 1. The Hall–Kier alpha value is -2.04. The molecule has 1 amide bonds. The van der Waals surface area contributed by atoms with Crippen molar-refractivity contribution >= 4 is 18.0 Å². The number of nitrogens with zero attached hydrogens (tertiary/aromatic N) is 1. The summed E-state index contributed by atoms with van der Waals surface area (Å²) in [5.41, 5.74) is 0. The van der Waals surface area contributed by atoms with Crippen LogP contribution in [-0.4, -0.2) is 35.0 Å². The summed E-state index contributed by atoms with van der Waals surface area (Å²) in [4.78, 5) is 24.5. The molecule has 0 aliphatic carbocycles. The van der Waals surface area contributed by atoms with E-state index in [9.17, 15) is 9.59 Å². The Bertz CT molecular complexity index is 503. The first-order valence-corrected chi connectivity index (χ1v) is 6.32. The van der Waals surface area contributed by atoms with Gasteiger partial charge < -0.3 is 14.4 Å². The van der Waals surface area contributed by atoms with Crippen molar-refractivity contribution in [1.29, 1.82) is 0 Å². The normalized spacial score (nSPS) is 19.8. The van der Waals surface area contributed by atoms with E-state index in [1.165, 1.54) is 6.08 Å². The molecule has 2 heterocycles. The van der Waals surface area contributed by atoms with Gasteiger partial charge in [-0.05, 0) is 38.0 Å². The zero-order valence-electron chi connectivity index (χ0n) is 10.8. The fraction of sp³-hybridized carbons (Fsp3) is 0.429. The molecular weight excluding hydrogens is 246 g/mol. The van der Waals surface area contributed by atoms with E-state index in [1.54, 1.807) is 17.0 Å². The average Bonchev–Trinajstić information content (AvgIpc) is 2.82. The largest absolute Gasteiger partial charge is 0.481 e. The van der Waals surface area contributed by atoms with Crippen LogP contribution in [0.2, 0.25) is 0 Å². The summed E-state index contributed by atoms with van der Waals surface area (Å²) in [6, 6.07) is 3.61. The minimum Gasteiger partial charge on any atom is -0.481 e. The minimum absolute atomic E-state index is 0.167. The number of carbonyl (C=O) groups excluding carboxylic acids is 1. The zero-order valence-corrected chi connectivity index (χ0v) is 10.8. The van der Waals surface area contributed by atoms with Crippen LogP contribution in [0.15, 0.2) is 22.6 Å². The fourth-order valence-corrected chi connectivity index (χ4v) is 2.18. The molecule has 0 spiro atoms. The van der Waals surface area contributed by atoms with Gasteiger partial charge in [-0.2, -0.15) is 0 Å². The van der Waals surface area contributed by atoms with Gasteiger partial charge in [0.1, 0.15) is 11.5 Å². The van der Waals surface area contributed by atoms with Crippen LogP contribution < -0.4 is 0 Å². The molecule has 1 aromatic heterocycles. The van der Waals surface area contributed by atoms with Gasteiger partial charge in [-0.1, -0.05) is 0 Å². The number of aryl methyl sites for hydroxylation is 1. The smallest absolute Gasteiger partial charge is 0.308 e. The van der Waals surface area contributed by atoms with E-state index in [0.717, 1.165) is 12.2 Å². The van der Waals surface area contributed by atoms with Crippen molar-refractivity contribution < 1.29 is 19.1 Å². The lowest BCUT2D eigenvalue weighted by molar-refractivity contribution is -0.144. The van der Waals surface area contributed by atoms with Gasteiger partial charge in [0.05, 0.1) is 5.92 Å². The predicted molar refractivity (Wildman–Crippen MR) is 69.4 cm³/mol. The van der Waals surface area contributed by atoms with Crippen molar-refractivity contribution in [2.24, 2.45) is 5.92 Å². The third-order valence-electron chi connectivity index (χ3n) is 3.23. The molecule has 0 unspecified atom stereocenters. The van der Waals surface area contributed by atoms with Gasteiger partial charge in [-0.3, -0.25) is 9.59 Å². The van der Waals surface area contributed by atoms with Crippen molar-refractivity contribution in [3.05, 3.63) is 29.7 Å². The van der Waals surface area contributed by atoms with Crippen LogP contribution in [0.3, 0.4) is 0 Å². The van der Waals surface area contributed by atoms with E-state index < -0.39 is 11.9 Å². The Kier molecular flexibility index (Phi) is 4.04. The SMILES string of the molecule is Cc1ccc(/C=C/C(=O)N2CCC[C@H](C(=O)O)C2)o1. The molecule has 5 nitrogen and oxygen atoms in total. The molecule has 1 saturated heterocycles. The Labute approximate surface area is 111 Å². The highest BCUT2D eigenvalue weighted by atomic mass is 16.4.